The van der Waals surface area contributed by atoms with E-state index in [4.69, 9.17) is 10.5 Å². The molecule has 2 aromatic heterocycles. The molecule has 2 heterocycles. The Kier molecular flexibility index (Phi) is 6.72. The molecule has 3 N–H and O–H groups in total. The van der Waals surface area contributed by atoms with Crippen molar-refractivity contribution in [2.45, 2.75) is 18.7 Å². The van der Waals surface area contributed by atoms with Crippen LogP contribution in [0, 0.1) is 25.5 Å². The van der Waals surface area contributed by atoms with Gasteiger partial charge >= 0.3 is 0 Å². The molecule has 0 aliphatic rings. The first kappa shape index (κ1) is 26.8. The highest BCUT2D eigenvalue weighted by atomic mass is 32.2. The van der Waals surface area contributed by atoms with Gasteiger partial charge in [0.05, 0.1) is 29.4 Å². The number of rotatable bonds is 6. The molecule has 3 aromatic carbocycles. The van der Waals surface area contributed by atoms with Crippen molar-refractivity contribution in [2.75, 3.05) is 17.6 Å². The summed E-state index contributed by atoms with van der Waals surface area (Å²) in [6.45, 7) is 3.82. The molecule has 0 unspecified atom stereocenters. The molecule has 12 heteroatoms. The zero-order chi connectivity index (χ0) is 28.8. The number of nitrogens with zero attached hydrogens (tertiary/aromatic N) is 3. The summed E-state index contributed by atoms with van der Waals surface area (Å²) in [5, 5.41) is 0.248. The second-order valence-corrected chi connectivity index (χ2v) is 10.8. The van der Waals surface area contributed by atoms with Crippen molar-refractivity contribution in [3.05, 3.63) is 100.0 Å². The lowest BCUT2D eigenvalue weighted by Gasteiger charge is -2.14. The minimum atomic E-state index is -4.42. The van der Waals surface area contributed by atoms with Crippen LogP contribution in [0.3, 0.4) is 0 Å². The number of sulfonamides is 1. The maximum absolute atomic E-state index is 14.2. The third-order valence-corrected chi connectivity index (χ3v) is 7.53. The standard InChI is InChI=1S/C28H23F2N5O4S/c1-15-8-16(2)10-20(9-15)35-27(36)21-11-17(4-6-23(21)33-28(35)31)18-12-25(26(39-3)32-14-18)40(37,38)34-24-7-5-19(29)13-22(24)30/h4-14,34H,1-3H3,(H2,31,33). The number of halogens is 2. The van der Waals surface area contributed by atoms with E-state index in [1.165, 1.54) is 23.9 Å². The number of aryl methyl sites for hydroxylation is 2. The Labute approximate surface area is 228 Å². The first-order valence-electron chi connectivity index (χ1n) is 11.9. The van der Waals surface area contributed by atoms with Gasteiger partial charge in [-0.3, -0.25) is 9.52 Å². The summed E-state index contributed by atoms with van der Waals surface area (Å²) in [6.07, 6.45) is 1.38. The molecule has 5 aromatic rings. The maximum atomic E-state index is 14.2. The molecular weight excluding hydrogens is 540 g/mol. The number of nitrogen functional groups attached to an aromatic ring is 1. The van der Waals surface area contributed by atoms with Crippen molar-refractivity contribution in [3.8, 4) is 22.7 Å². The van der Waals surface area contributed by atoms with Crippen molar-refractivity contribution in [2.24, 2.45) is 0 Å². The summed E-state index contributed by atoms with van der Waals surface area (Å²) >= 11 is 0. The van der Waals surface area contributed by atoms with Gasteiger partial charge in [-0.05, 0) is 73.0 Å². The number of nitrogens with two attached hydrogens (primary N) is 1. The molecule has 0 fully saturated rings. The summed E-state index contributed by atoms with van der Waals surface area (Å²) in [7, 11) is -3.19. The Hall–Kier alpha value is -4.84. The van der Waals surface area contributed by atoms with Gasteiger partial charge in [0.15, 0.2) is 0 Å². The summed E-state index contributed by atoms with van der Waals surface area (Å²) < 4.78 is 62.4. The van der Waals surface area contributed by atoms with Crippen LogP contribution in [0.4, 0.5) is 20.4 Å². The van der Waals surface area contributed by atoms with Gasteiger partial charge in [-0.2, -0.15) is 0 Å². The largest absolute Gasteiger partial charge is 0.480 e. The molecule has 40 heavy (non-hydrogen) atoms. The monoisotopic (exact) mass is 563 g/mol. The van der Waals surface area contributed by atoms with Crippen LogP contribution in [0.15, 0.2) is 76.6 Å². The average molecular weight is 564 g/mol. The Balaban J connectivity index is 1.62. The van der Waals surface area contributed by atoms with Gasteiger partial charge in [-0.1, -0.05) is 12.1 Å². The fraction of sp³-hybridized carbons (Fsp3) is 0.107. The normalized spacial score (nSPS) is 11.5. The molecule has 204 valence electrons. The molecule has 0 saturated carbocycles. The van der Waals surface area contributed by atoms with Crippen molar-refractivity contribution in [3.63, 3.8) is 0 Å². The second-order valence-electron chi connectivity index (χ2n) is 9.15. The predicted octanol–water partition coefficient (Wildman–Crippen LogP) is 4.73. The van der Waals surface area contributed by atoms with E-state index in [2.05, 4.69) is 14.7 Å². The smallest absolute Gasteiger partial charge is 0.267 e. The minimum Gasteiger partial charge on any atom is -0.480 e. The van der Waals surface area contributed by atoms with Crippen LogP contribution in [-0.4, -0.2) is 30.1 Å². The zero-order valence-electron chi connectivity index (χ0n) is 21.6. The molecule has 5 rings (SSSR count). The van der Waals surface area contributed by atoms with E-state index in [1.54, 1.807) is 18.2 Å². The summed E-state index contributed by atoms with van der Waals surface area (Å²) in [5.74, 6) is -2.17. The van der Waals surface area contributed by atoms with Gasteiger partial charge in [0.1, 0.15) is 16.5 Å². The van der Waals surface area contributed by atoms with E-state index >= 15 is 0 Å². The van der Waals surface area contributed by atoms with Crippen LogP contribution in [-0.2, 0) is 10.0 Å². The average Bonchev–Trinajstić information content (AvgIpc) is 2.89. The lowest BCUT2D eigenvalue weighted by molar-refractivity contribution is 0.385. The SMILES string of the molecule is COc1ncc(-c2ccc3nc(N)n(-c4cc(C)cc(C)c4)c(=O)c3c2)cc1S(=O)(=O)Nc1ccc(F)cc1F. The number of fused-ring (bicyclic) bond motifs is 1. The molecule has 0 bridgehead atoms. The molecule has 0 spiro atoms. The van der Waals surface area contributed by atoms with E-state index in [0.717, 1.165) is 23.3 Å². The highest BCUT2D eigenvalue weighted by molar-refractivity contribution is 7.92. The van der Waals surface area contributed by atoms with Gasteiger partial charge in [0.25, 0.3) is 15.6 Å². The number of nitrogens with one attached hydrogen (secondary N) is 1. The van der Waals surface area contributed by atoms with Crippen molar-refractivity contribution >= 4 is 32.6 Å². The first-order valence-corrected chi connectivity index (χ1v) is 13.4. The van der Waals surface area contributed by atoms with E-state index in [-0.39, 0.29) is 22.1 Å². The number of hydrogen-bond acceptors (Lipinski definition) is 7. The lowest BCUT2D eigenvalue weighted by Crippen LogP contribution is -2.23. The number of anilines is 2. The van der Waals surface area contributed by atoms with Gasteiger partial charge < -0.3 is 10.5 Å². The Morgan fingerprint density at radius 1 is 0.950 bits per heavy atom. The van der Waals surface area contributed by atoms with Crippen LogP contribution >= 0.6 is 0 Å². The van der Waals surface area contributed by atoms with E-state index in [1.807, 2.05) is 32.0 Å². The third kappa shape index (κ3) is 4.96. The molecule has 0 aliphatic carbocycles. The van der Waals surface area contributed by atoms with Crippen LogP contribution in [0.25, 0.3) is 27.7 Å². The van der Waals surface area contributed by atoms with Crippen LogP contribution in [0.2, 0.25) is 0 Å². The highest BCUT2D eigenvalue weighted by Crippen LogP contribution is 2.31. The number of pyridine rings is 1. The first-order chi connectivity index (χ1) is 19.0. The Morgan fingerprint density at radius 2 is 1.68 bits per heavy atom. The number of ether oxygens (including phenoxy) is 1. The summed E-state index contributed by atoms with van der Waals surface area (Å²) in [4.78, 5) is 21.7. The van der Waals surface area contributed by atoms with Crippen LogP contribution in [0.5, 0.6) is 5.88 Å². The molecule has 0 atom stereocenters. The Bertz CT molecular complexity index is 1960. The van der Waals surface area contributed by atoms with Gasteiger partial charge in [0.2, 0.25) is 11.8 Å². The fourth-order valence-corrected chi connectivity index (χ4v) is 5.63. The van der Waals surface area contributed by atoms with E-state index < -0.39 is 32.9 Å². The van der Waals surface area contributed by atoms with E-state index in [0.29, 0.717) is 28.4 Å². The van der Waals surface area contributed by atoms with Gasteiger partial charge in [0, 0.05) is 17.8 Å². The zero-order valence-corrected chi connectivity index (χ0v) is 22.4. The molecule has 9 nitrogen and oxygen atoms in total. The molecule has 0 radical (unpaired) electrons. The van der Waals surface area contributed by atoms with Crippen molar-refractivity contribution < 1.29 is 21.9 Å². The lowest BCUT2D eigenvalue weighted by atomic mass is 10.1. The number of benzene rings is 3. The molecule has 0 saturated heterocycles. The molecule has 0 aliphatic heterocycles. The molecule has 0 amide bonds. The summed E-state index contributed by atoms with van der Waals surface area (Å²) in [5.41, 5.74) is 8.91. The van der Waals surface area contributed by atoms with Gasteiger partial charge in [-0.15, -0.1) is 0 Å². The number of methoxy groups -OCH3 is 1. The quantitative estimate of drug-likeness (QED) is 0.305. The Morgan fingerprint density at radius 3 is 2.35 bits per heavy atom. The van der Waals surface area contributed by atoms with E-state index in [9.17, 15) is 22.0 Å². The van der Waals surface area contributed by atoms with Gasteiger partial charge in [-0.25, -0.2) is 31.7 Å². The predicted molar refractivity (Wildman–Crippen MR) is 148 cm³/mol. The van der Waals surface area contributed by atoms with Crippen molar-refractivity contribution in [1.82, 2.24) is 14.5 Å². The number of aromatic nitrogens is 3. The maximum Gasteiger partial charge on any atom is 0.267 e. The van der Waals surface area contributed by atoms with Crippen LogP contribution in [0.1, 0.15) is 11.1 Å². The number of hydrogen-bond donors (Lipinski definition) is 2. The third-order valence-electron chi connectivity index (χ3n) is 6.17. The van der Waals surface area contributed by atoms with Crippen molar-refractivity contribution in [1.29, 1.82) is 0 Å². The fourth-order valence-electron chi connectivity index (χ4n) is 4.42. The minimum absolute atomic E-state index is 0.0221. The second kappa shape index (κ2) is 10.0. The van der Waals surface area contributed by atoms with Crippen LogP contribution < -0.4 is 20.8 Å². The topological polar surface area (TPSA) is 129 Å². The molecular formula is C28H23F2N5O4S. The summed E-state index contributed by atoms with van der Waals surface area (Å²) in [6, 6.07) is 14.2. The highest BCUT2D eigenvalue weighted by Gasteiger charge is 2.24.